The molecular weight excluding hydrogens is 355 g/mol. The van der Waals surface area contributed by atoms with E-state index >= 15 is 0 Å². The molecular formula is C20H28F3N3O. The molecule has 1 aromatic rings. The minimum absolute atomic E-state index is 0.0660. The van der Waals surface area contributed by atoms with E-state index in [4.69, 9.17) is 5.73 Å². The van der Waals surface area contributed by atoms with E-state index < -0.39 is 17.8 Å². The van der Waals surface area contributed by atoms with Crippen LogP contribution in [0.15, 0.2) is 24.3 Å². The van der Waals surface area contributed by atoms with Gasteiger partial charge in [-0.2, -0.15) is 13.2 Å². The van der Waals surface area contributed by atoms with Gasteiger partial charge >= 0.3 is 6.18 Å². The van der Waals surface area contributed by atoms with E-state index in [0.29, 0.717) is 24.8 Å². The molecule has 1 aliphatic carbocycles. The Morgan fingerprint density at radius 2 is 1.96 bits per heavy atom. The Hall–Kier alpha value is -1.60. The van der Waals surface area contributed by atoms with Crippen molar-refractivity contribution in [2.24, 2.45) is 17.6 Å². The second kappa shape index (κ2) is 8.19. The maximum absolute atomic E-state index is 12.7. The third kappa shape index (κ3) is 4.82. The van der Waals surface area contributed by atoms with Crippen molar-refractivity contribution in [3.8, 4) is 0 Å². The van der Waals surface area contributed by atoms with Gasteiger partial charge in [0.2, 0.25) is 5.91 Å². The summed E-state index contributed by atoms with van der Waals surface area (Å²) >= 11 is 0. The lowest BCUT2D eigenvalue weighted by Crippen LogP contribution is -2.47. The summed E-state index contributed by atoms with van der Waals surface area (Å²) in [6, 6.07) is 5.11. The predicted octanol–water partition coefficient (Wildman–Crippen LogP) is 3.16. The molecule has 3 N–H and O–H groups in total. The molecule has 1 saturated carbocycles. The first-order chi connectivity index (χ1) is 12.8. The van der Waals surface area contributed by atoms with Crippen molar-refractivity contribution >= 4 is 5.91 Å². The number of rotatable bonds is 6. The summed E-state index contributed by atoms with van der Waals surface area (Å²) in [7, 11) is 0. The van der Waals surface area contributed by atoms with E-state index in [1.807, 2.05) is 6.92 Å². The fourth-order valence-electron chi connectivity index (χ4n) is 4.46. The zero-order valence-electron chi connectivity index (χ0n) is 15.6. The van der Waals surface area contributed by atoms with Crippen LogP contribution in [0.3, 0.4) is 0 Å². The summed E-state index contributed by atoms with van der Waals surface area (Å²) in [5.41, 5.74) is 6.18. The highest BCUT2D eigenvalue weighted by atomic mass is 19.4. The van der Waals surface area contributed by atoms with Crippen LogP contribution in [0.1, 0.15) is 43.7 Å². The highest BCUT2D eigenvalue weighted by Gasteiger charge is 2.43. The monoisotopic (exact) mass is 383 g/mol. The second-order valence-electron chi connectivity index (χ2n) is 7.90. The molecule has 0 aromatic heterocycles. The number of hydrogen-bond donors (Lipinski definition) is 2. The lowest BCUT2D eigenvalue weighted by atomic mass is 9.97. The SMILES string of the molecule is CCC[C@H](N)C(=O)N[C@H]1CC[C@@H]2CN(Cc3ccc(C(F)(F)F)cc3)C[C@@H]21. The number of likely N-dealkylation sites (tertiary alicyclic amines) is 1. The number of hydrogen-bond acceptors (Lipinski definition) is 3. The fraction of sp³-hybridized carbons (Fsp3) is 0.650. The Labute approximate surface area is 158 Å². The Morgan fingerprint density at radius 1 is 1.26 bits per heavy atom. The molecule has 0 radical (unpaired) electrons. The van der Waals surface area contributed by atoms with Crippen molar-refractivity contribution in [1.82, 2.24) is 10.2 Å². The molecule has 4 atom stereocenters. The number of fused-ring (bicyclic) bond motifs is 1. The van der Waals surface area contributed by atoms with Gasteiger partial charge in [-0.15, -0.1) is 0 Å². The molecule has 150 valence electrons. The highest BCUT2D eigenvalue weighted by molar-refractivity contribution is 5.81. The normalized spacial score (nSPS) is 26.8. The van der Waals surface area contributed by atoms with Crippen LogP contribution in [-0.4, -0.2) is 36.0 Å². The largest absolute Gasteiger partial charge is 0.416 e. The predicted molar refractivity (Wildman–Crippen MR) is 97.7 cm³/mol. The van der Waals surface area contributed by atoms with Gasteiger partial charge < -0.3 is 11.1 Å². The molecule has 1 aliphatic heterocycles. The molecule has 27 heavy (non-hydrogen) atoms. The Bertz CT molecular complexity index is 647. The van der Waals surface area contributed by atoms with Crippen LogP contribution < -0.4 is 11.1 Å². The Kier molecular flexibility index (Phi) is 6.11. The lowest BCUT2D eigenvalue weighted by molar-refractivity contribution is -0.137. The maximum atomic E-state index is 12.7. The first-order valence-electron chi connectivity index (χ1n) is 9.72. The van der Waals surface area contributed by atoms with Crippen LogP contribution >= 0.6 is 0 Å². The topological polar surface area (TPSA) is 58.4 Å². The highest BCUT2D eigenvalue weighted by Crippen LogP contribution is 2.39. The molecule has 7 heteroatoms. The number of nitrogens with one attached hydrogen (secondary N) is 1. The van der Waals surface area contributed by atoms with Gasteiger partial charge in [-0.25, -0.2) is 0 Å². The zero-order chi connectivity index (χ0) is 19.6. The number of amides is 1. The Balaban J connectivity index is 1.54. The number of halogens is 3. The molecule has 1 saturated heterocycles. The van der Waals surface area contributed by atoms with Crippen LogP contribution in [0.5, 0.6) is 0 Å². The zero-order valence-corrected chi connectivity index (χ0v) is 15.6. The van der Waals surface area contributed by atoms with E-state index in [-0.39, 0.29) is 11.9 Å². The standard InChI is InChI=1S/C20H28F3N3O/c1-2-3-17(24)19(27)25-18-9-6-14-11-26(12-16(14)18)10-13-4-7-15(8-5-13)20(21,22)23/h4-5,7-8,14,16-18H,2-3,6,9-12,24H2,1H3,(H,25,27)/t14-,16+,17+,18+/m1/s1. The third-order valence-corrected chi connectivity index (χ3v) is 5.88. The van der Waals surface area contributed by atoms with Crippen molar-refractivity contribution < 1.29 is 18.0 Å². The average molecular weight is 383 g/mol. The van der Waals surface area contributed by atoms with Crippen LogP contribution in [0.2, 0.25) is 0 Å². The van der Waals surface area contributed by atoms with Crippen molar-refractivity contribution in [2.75, 3.05) is 13.1 Å². The van der Waals surface area contributed by atoms with Crippen molar-refractivity contribution in [3.05, 3.63) is 35.4 Å². The summed E-state index contributed by atoms with van der Waals surface area (Å²) < 4.78 is 38.0. The molecule has 4 nitrogen and oxygen atoms in total. The number of alkyl halides is 3. The van der Waals surface area contributed by atoms with Gasteiger partial charge in [0.25, 0.3) is 0 Å². The van der Waals surface area contributed by atoms with Gasteiger partial charge in [-0.3, -0.25) is 9.69 Å². The van der Waals surface area contributed by atoms with E-state index in [2.05, 4.69) is 10.2 Å². The number of carbonyl (C=O) groups excluding carboxylic acids is 1. The summed E-state index contributed by atoms with van der Waals surface area (Å²) in [4.78, 5) is 14.5. The summed E-state index contributed by atoms with van der Waals surface area (Å²) in [6.45, 7) is 4.44. The van der Waals surface area contributed by atoms with Crippen LogP contribution in [-0.2, 0) is 17.5 Å². The molecule has 3 rings (SSSR count). The molecule has 0 bridgehead atoms. The van der Waals surface area contributed by atoms with Crippen LogP contribution in [0.4, 0.5) is 13.2 Å². The smallest absolute Gasteiger partial charge is 0.352 e. The maximum Gasteiger partial charge on any atom is 0.416 e. The third-order valence-electron chi connectivity index (χ3n) is 5.88. The molecule has 1 aromatic carbocycles. The number of carbonyl (C=O) groups is 1. The van der Waals surface area contributed by atoms with E-state index in [0.717, 1.165) is 50.0 Å². The quantitative estimate of drug-likeness (QED) is 0.793. The van der Waals surface area contributed by atoms with Gasteiger partial charge in [0.05, 0.1) is 11.6 Å². The average Bonchev–Trinajstić information content (AvgIpc) is 3.16. The fourth-order valence-corrected chi connectivity index (χ4v) is 4.46. The minimum Gasteiger partial charge on any atom is -0.352 e. The van der Waals surface area contributed by atoms with Gasteiger partial charge in [0.1, 0.15) is 0 Å². The van der Waals surface area contributed by atoms with Crippen LogP contribution in [0.25, 0.3) is 0 Å². The molecule has 1 amide bonds. The van der Waals surface area contributed by atoms with E-state index in [1.165, 1.54) is 0 Å². The van der Waals surface area contributed by atoms with Gasteiger partial charge in [-0.1, -0.05) is 25.5 Å². The Morgan fingerprint density at radius 3 is 2.59 bits per heavy atom. The molecule has 2 fully saturated rings. The molecule has 0 spiro atoms. The van der Waals surface area contributed by atoms with Crippen molar-refractivity contribution in [1.29, 1.82) is 0 Å². The van der Waals surface area contributed by atoms with Gasteiger partial charge in [0, 0.05) is 25.7 Å². The van der Waals surface area contributed by atoms with Crippen molar-refractivity contribution in [3.63, 3.8) is 0 Å². The number of nitrogens with two attached hydrogens (primary N) is 1. The number of benzene rings is 1. The van der Waals surface area contributed by atoms with Crippen molar-refractivity contribution in [2.45, 2.75) is 57.4 Å². The van der Waals surface area contributed by atoms with Gasteiger partial charge in [0.15, 0.2) is 0 Å². The first kappa shape index (κ1) is 20.1. The molecule has 0 unspecified atom stereocenters. The lowest BCUT2D eigenvalue weighted by Gasteiger charge is -2.23. The summed E-state index contributed by atoms with van der Waals surface area (Å²) in [5, 5.41) is 3.13. The van der Waals surface area contributed by atoms with Crippen LogP contribution in [0, 0.1) is 11.8 Å². The number of nitrogens with zero attached hydrogens (tertiary/aromatic N) is 1. The van der Waals surface area contributed by atoms with Gasteiger partial charge in [-0.05, 0) is 48.8 Å². The molecule has 2 aliphatic rings. The van der Waals surface area contributed by atoms with E-state index in [9.17, 15) is 18.0 Å². The summed E-state index contributed by atoms with van der Waals surface area (Å²) in [5.74, 6) is 0.869. The van der Waals surface area contributed by atoms with E-state index in [1.54, 1.807) is 12.1 Å². The first-order valence-corrected chi connectivity index (χ1v) is 9.72. The summed E-state index contributed by atoms with van der Waals surface area (Å²) in [6.07, 6.45) is -0.678. The second-order valence-corrected chi connectivity index (χ2v) is 7.90. The molecule has 1 heterocycles. The minimum atomic E-state index is -4.30.